The van der Waals surface area contributed by atoms with Crippen LogP contribution < -0.4 is 4.72 Å². The van der Waals surface area contributed by atoms with Crippen LogP contribution in [0.1, 0.15) is 25.5 Å². The van der Waals surface area contributed by atoms with E-state index in [1.165, 1.54) is 12.1 Å². The third-order valence-electron chi connectivity index (χ3n) is 3.85. The molecular weight excluding hydrogens is 343 g/mol. The van der Waals surface area contributed by atoms with Crippen LogP contribution in [0.3, 0.4) is 0 Å². The standard InChI is InChI=1S/C18H21FN2O3S/c1-3-21(4-2)18(22)17(14-8-6-5-7-9-14)20-25(23,24)16-12-10-15(19)11-13-16/h5-13,17,20H,3-4H2,1-2H3/t17-/m0/s1. The van der Waals surface area contributed by atoms with Crippen molar-refractivity contribution in [3.63, 3.8) is 0 Å². The number of rotatable bonds is 7. The van der Waals surface area contributed by atoms with E-state index in [4.69, 9.17) is 0 Å². The molecule has 2 aromatic carbocycles. The number of hydrogen-bond donors (Lipinski definition) is 1. The Labute approximate surface area is 147 Å². The minimum Gasteiger partial charge on any atom is -0.342 e. The lowest BCUT2D eigenvalue weighted by Crippen LogP contribution is -2.42. The Kier molecular flexibility index (Phi) is 6.27. The minimum atomic E-state index is -3.98. The number of carbonyl (C=O) groups is 1. The van der Waals surface area contributed by atoms with E-state index in [0.717, 1.165) is 12.1 Å². The van der Waals surface area contributed by atoms with Crippen LogP contribution in [-0.4, -0.2) is 32.3 Å². The number of amides is 1. The zero-order valence-corrected chi connectivity index (χ0v) is 15.0. The van der Waals surface area contributed by atoms with Gasteiger partial charge in [-0.3, -0.25) is 4.79 Å². The first-order chi connectivity index (χ1) is 11.9. The largest absolute Gasteiger partial charge is 0.342 e. The molecule has 0 fully saturated rings. The Hall–Kier alpha value is -2.25. The molecule has 0 heterocycles. The Bertz CT molecular complexity index is 804. The monoisotopic (exact) mass is 364 g/mol. The highest BCUT2D eigenvalue weighted by atomic mass is 32.2. The SMILES string of the molecule is CCN(CC)C(=O)[C@@H](NS(=O)(=O)c1ccc(F)cc1)c1ccccc1. The molecule has 0 unspecified atom stereocenters. The molecule has 0 saturated carbocycles. The van der Waals surface area contributed by atoms with Crippen molar-refractivity contribution in [1.29, 1.82) is 0 Å². The summed E-state index contributed by atoms with van der Waals surface area (Å²) in [5.41, 5.74) is 0.546. The van der Waals surface area contributed by atoms with Crippen molar-refractivity contribution in [3.8, 4) is 0 Å². The van der Waals surface area contributed by atoms with E-state index in [1.807, 2.05) is 13.8 Å². The second-order valence-corrected chi connectivity index (χ2v) is 7.14. The van der Waals surface area contributed by atoms with Crippen LogP contribution in [0, 0.1) is 5.82 Å². The van der Waals surface area contributed by atoms with Crippen LogP contribution in [0.15, 0.2) is 59.5 Å². The normalized spacial score (nSPS) is 12.6. The van der Waals surface area contributed by atoms with E-state index in [9.17, 15) is 17.6 Å². The fourth-order valence-electron chi connectivity index (χ4n) is 2.46. The summed E-state index contributed by atoms with van der Waals surface area (Å²) >= 11 is 0. The molecule has 2 rings (SSSR count). The second-order valence-electron chi connectivity index (χ2n) is 5.43. The van der Waals surface area contributed by atoms with Gasteiger partial charge in [0.2, 0.25) is 15.9 Å². The number of hydrogen-bond acceptors (Lipinski definition) is 3. The predicted octanol–water partition coefficient (Wildman–Crippen LogP) is 2.71. The smallest absolute Gasteiger partial charge is 0.245 e. The van der Waals surface area contributed by atoms with Crippen molar-refractivity contribution in [2.45, 2.75) is 24.8 Å². The van der Waals surface area contributed by atoms with Gasteiger partial charge in [0.25, 0.3) is 0 Å². The Balaban J connectivity index is 2.39. The number of likely N-dealkylation sites (N-methyl/N-ethyl adjacent to an activating group) is 1. The number of sulfonamides is 1. The molecule has 0 saturated heterocycles. The molecule has 0 bridgehead atoms. The molecular formula is C18H21FN2O3S. The fourth-order valence-corrected chi connectivity index (χ4v) is 3.64. The molecule has 0 aliphatic carbocycles. The maximum Gasteiger partial charge on any atom is 0.245 e. The van der Waals surface area contributed by atoms with Crippen LogP contribution in [0.25, 0.3) is 0 Å². The van der Waals surface area contributed by atoms with Crippen LogP contribution in [-0.2, 0) is 14.8 Å². The lowest BCUT2D eigenvalue weighted by Gasteiger charge is -2.26. The van der Waals surface area contributed by atoms with Gasteiger partial charge in [-0.15, -0.1) is 0 Å². The molecule has 1 atom stereocenters. The highest BCUT2D eigenvalue weighted by Gasteiger charge is 2.29. The Morgan fingerprint density at radius 1 is 1.04 bits per heavy atom. The molecule has 0 radical (unpaired) electrons. The van der Waals surface area contributed by atoms with E-state index >= 15 is 0 Å². The first-order valence-corrected chi connectivity index (χ1v) is 9.49. The van der Waals surface area contributed by atoms with E-state index in [2.05, 4.69) is 4.72 Å². The maximum atomic E-state index is 13.1. The van der Waals surface area contributed by atoms with Crippen molar-refractivity contribution >= 4 is 15.9 Å². The van der Waals surface area contributed by atoms with Crippen LogP contribution in [0.4, 0.5) is 4.39 Å². The summed E-state index contributed by atoms with van der Waals surface area (Å²) in [6, 6.07) is 12.1. The number of carbonyl (C=O) groups excluding carboxylic acids is 1. The highest BCUT2D eigenvalue weighted by Crippen LogP contribution is 2.20. The van der Waals surface area contributed by atoms with Crippen molar-refractivity contribution in [2.24, 2.45) is 0 Å². The van der Waals surface area contributed by atoms with Crippen LogP contribution in [0.5, 0.6) is 0 Å². The van der Waals surface area contributed by atoms with E-state index in [1.54, 1.807) is 35.2 Å². The molecule has 134 valence electrons. The van der Waals surface area contributed by atoms with Crippen LogP contribution in [0.2, 0.25) is 0 Å². The van der Waals surface area contributed by atoms with Gasteiger partial charge in [0, 0.05) is 13.1 Å². The summed E-state index contributed by atoms with van der Waals surface area (Å²) in [6.07, 6.45) is 0. The fraction of sp³-hybridized carbons (Fsp3) is 0.278. The van der Waals surface area contributed by atoms with Crippen LogP contribution >= 0.6 is 0 Å². The van der Waals surface area contributed by atoms with Gasteiger partial charge < -0.3 is 4.90 Å². The van der Waals surface area contributed by atoms with Crippen molar-refractivity contribution in [1.82, 2.24) is 9.62 Å². The van der Waals surface area contributed by atoms with Gasteiger partial charge in [-0.1, -0.05) is 30.3 Å². The first-order valence-electron chi connectivity index (χ1n) is 8.00. The molecule has 5 nitrogen and oxygen atoms in total. The summed E-state index contributed by atoms with van der Waals surface area (Å²) in [4.78, 5) is 14.3. The van der Waals surface area contributed by atoms with Gasteiger partial charge in [0.1, 0.15) is 11.9 Å². The highest BCUT2D eigenvalue weighted by molar-refractivity contribution is 7.89. The van der Waals surface area contributed by atoms with Crippen molar-refractivity contribution < 1.29 is 17.6 Å². The molecule has 25 heavy (non-hydrogen) atoms. The second kappa shape index (κ2) is 8.22. The molecule has 2 aromatic rings. The minimum absolute atomic E-state index is 0.0952. The predicted molar refractivity (Wildman–Crippen MR) is 93.8 cm³/mol. The zero-order valence-electron chi connectivity index (χ0n) is 14.1. The van der Waals surface area contributed by atoms with Crippen molar-refractivity contribution in [2.75, 3.05) is 13.1 Å². The first kappa shape index (κ1) is 19.1. The van der Waals surface area contributed by atoms with Gasteiger partial charge in [-0.2, -0.15) is 4.72 Å². The zero-order chi connectivity index (χ0) is 18.4. The lowest BCUT2D eigenvalue weighted by molar-refractivity contribution is -0.132. The lowest BCUT2D eigenvalue weighted by atomic mass is 10.1. The summed E-state index contributed by atoms with van der Waals surface area (Å²) < 4.78 is 40.8. The number of nitrogens with zero attached hydrogens (tertiary/aromatic N) is 1. The maximum absolute atomic E-state index is 13.1. The summed E-state index contributed by atoms with van der Waals surface area (Å²) in [5, 5.41) is 0. The third-order valence-corrected chi connectivity index (χ3v) is 5.29. The molecule has 0 aliphatic heterocycles. The molecule has 0 aromatic heterocycles. The summed E-state index contributed by atoms with van der Waals surface area (Å²) in [7, 11) is -3.98. The van der Waals surface area contributed by atoms with E-state index < -0.39 is 21.9 Å². The molecule has 0 spiro atoms. The number of nitrogens with one attached hydrogen (secondary N) is 1. The molecule has 7 heteroatoms. The number of halogens is 1. The van der Waals surface area contributed by atoms with Gasteiger partial charge in [-0.05, 0) is 43.7 Å². The number of benzene rings is 2. The Morgan fingerprint density at radius 3 is 2.12 bits per heavy atom. The van der Waals surface area contributed by atoms with Gasteiger partial charge in [0.05, 0.1) is 4.90 Å². The molecule has 1 N–H and O–H groups in total. The molecule has 1 amide bonds. The van der Waals surface area contributed by atoms with E-state index in [-0.39, 0.29) is 10.8 Å². The van der Waals surface area contributed by atoms with Crippen molar-refractivity contribution in [3.05, 3.63) is 66.0 Å². The average molecular weight is 364 g/mol. The van der Waals surface area contributed by atoms with E-state index in [0.29, 0.717) is 18.7 Å². The average Bonchev–Trinajstić information content (AvgIpc) is 2.62. The summed E-state index contributed by atoms with van der Waals surface area (Å²) in [6.45, 7) is 4.60. The Morgan fingerprint density at radius 2 is 1.60 bits per heavy atom. The third kappa shape index (κ3) is 4.64. The quantitative estimate of drug-likeness (QED) is 0.821. The topological polar surface area (TPSA) is 66.5 Å². The molecule has 0 aliphatic rings. The summed E-state index contributed by atoms with van der Waals surface area (Å²) in [5.74, 6) is -0.861. The van der Waals surface area contributed by atoms with Gasteiger partial charge in [-0.25, -0.2) is 12.8 Å². The van der Waals surface area contributed by atoms with Gasteiger partial charge >= 0.3 is 0 Å². The van der Waals surface area contributed by atoms with Gasteiger partial charge in [0.15, 0.2) is 0 Å².